The Morgan fingerprint density at radius 1 is 1.17 bits per heavy atom. The van der Waals surface area contributed by atoms with Crippen molar-refractivity contribution in [3.63, 3.8) is 0 Å². The topological polar surface area (TPSA) is 76.6 Å². The minimum absolute atomic E-state index is 0.0310. The molecule has 3 rings (SSSR count). The number of esters is 1. The van der Waals surface area contributed by atoms with E-state index in [1.807, 2.05) is 12.1 Å². The Morgan fingerprint density at radius 3 is 2.33 bits per heavy atom. The molecule has 1 aromatic heterocycles. The normalized spacial score (nSPS) is 14.6. The third-order valence-electron chi connectivity index (χ3n) is 3.92. The predicted molar refractivity (Wildman–Crippen MR) is 87.8 cm³/mol. The second-order valence-electron chi connectivity index (χ2n) is 5.65. The first-order valence-electron chi connectivity index (χ1n) is 7.61. The molecule has 0 N–H and O–H groups in total. The first-order chi connectivity index (χ1) is 11.5. The maximum atomic E-state index is 13.0. The van der Waals surface area contributed by atoms with Crippen LogP contribution in [0.3, 0.4) is 0 Å². The molecule has 0 bridgehead atoms. The molecule has 0 radical (unpaired) electrons. The molecule has 2 aromatic rings. The molecule has 7 heteroatoms. The number of ether oxygens (including phenoxy) is 1. The molecule has 1 aliphatic carbocycles. The fourth-order valence-corrected chi connectivity index (χ4v) is 4.13. The highest BCUT2D eigenvalue weighted by Crippen LogP contribution is 2.33. The van der Waals surface area contributed by atoms with Crippen molar-refractivity contribution in [2.75, 3.05) is 7.11 Å². The summed E-state index contributed by atoms with van der Waals surface area (Å²) in [6.45, 7) is 0.314. The van der Waals surface area contributed by atoms with Gasteiger partial charge in [0.05, 0.1) is 17.6 Å². The van der Waals surface area contributed by atoms with Crippen molar-refractivity contribution in [3.8, 4) is 0 Å². The number of aromatic nitrogens is 1. The second kappa shape index (κ2) is 6.70. The highest BCUT2D eigenvalue weighted by atomic mass is 32.2. The third-order valence-corrected chi connectivity index (χ3v) is 5.84. The quantitative estimate of drug-likeness (QED) is 0.750. The molecule has 0 unspecified atom stereocenters. The van der Waals surface area contributed by atoms with Crippen LogP contribution < -0.4 is 0 Å². The Labute approximate surface area is 141 Å². The van der Waals surface area contributed by atoms with E-state index in [0.29, 0.717) is 12.1 Å². The summed E-state index contributed by atoms with van der Waals surface area (Å²) >= 11 is 0. The molecule has 0 spiro atoms. The predicted octanol–water partition coefficient (Wildman–Crippen LogP) is 2.22. The summed E-state index contributed by atoms with van der Waals surface area (Å²) in [6, 6.07) is 9.49. The Kier molecular flexibility index (Phi) is 4.64. The number of rotatable bonds is 6. The number of pyridine rings is 1. The van der Waals surface area contributed by atoms with Gasteiger partial charge in [-0.3, -0.25) is 4.98 Å². The van der Waals surface area contributed by atoms with Crippen molar-refractivity contribution in [3.05, 3.63) is 59.9 Å². The number of nitrogens with zero attached hydrogens (tertiary/aromatic N) is 2. The van der Waals surface area contributed by atoms with Gasteiger partial charge in [0, 0.05) is 25.0 Å². The maximum Gasteiger partial charge on any atom is 0.337 e. The van der Waals surface area contributed by atoms with E-state index in [1.165, 1.54) is 35.7 Å². The summed E-state index contributed by atoms with van der Waals surface area (Å²) in [5.41, 5.74) is 1.22. The molecule has 0 aliphatic heterocycles. The number of carbonyl (C=O) groups excluding carboxylic acids is 1. The van der Waals surface area contributed by atoms with Gasteiger partial charge in [-0.05, 0) is 54.8 Å². The molecule has 24 heavy (non-hydrogen) atoms. The van der Waals surface area contributed by atoms with Crippen LogP contribution in [0.1, 0.15) is 28.8 Å². The summed E-state index contributed by atoms with van der Waals surface area (Å²) in [5, 5.41) is 0. The summed E-state index contributed by atoms with van der Waals surface area (Å²) in [7, 11) is -2.34. The molecular formula is C17H18N2O4S. The Balaban J connectivity index is 1.87. The van der Waals surface area contributed by atoms with Gasteiger partial charge in [0.15, 0.2) is 0 Å². The standard InChI is InChI=1S/C17H18N2O4S/c1-23-17(20)14-2-6-16(7-3-14)24(21,22)19(15-4-5-15)12-13-8-10-18-11-9-13/h2-3,6-11,15H,4-5,12H2,1H3. The van der Waals surface area contributed by atoms with Gasteiger partial charge >= 0.3 is 5.97 Å². The van der Waals surface area contributed by atoms with Crippen LogP contribution in [0.25, 0.3) is 0 Å². The number of sulfonamides is 1. The number of hydrogen-bond donors (Lipinski definition) is 0. The zero-order valence-electron chi connectivity index (χ0n) is 13.3. The van der Waals surface area contributed by atoms with Crippen LogP contribution in [0, 0.1) is 0 Å². The second-order valence-corrected chi connectivity index (χ2v) is 7.54. The van der Waals surface area contributed by atoms with Gasteiger partial charge in [-0.25, -0.2) is 13.2 Å². The first kappa shape index (κ1) is 16.6. The molecule has 126 valence electrons. The van der Waals surface area contributed by atoms with Crippen LogP contribution in [0.5, 0.6) is 0 Å². The number of methoxy groups -OCH3 is 1. The molecule has 1 aromatic carbocycles. The number of benzene rings is 1. The smallest absolute Gasteiger partial charge is 0.337 e. The molecular weight excluding hydrogens is 328 g/mol. The van der Waals surface area contributed by atoms with E-state index in [9.17, 15) is 13.2 Å². The van der Waals surface area contributed by atoms with E-state index < -0.39 is 16.0 Å². The molecule has 6 nitrogen and oxygen atoms in total. The summed E-state index contributed by atoms with van der Waals surface area (Å²) in [5.74, 6) is -0.491. The lowest BCUT2D eigenvalue weighted by molar-refractivity contribution is 0.0600. The zero-order chi connectivity index (χ0) is 17.2. The van der Waals surface area contributed by atoms with E-state index in [4.69, 9.17) is 0 Å². The van der Waals surface area contributed by atoms with E-state index in [0.717, 1.165) is 18.4 Å². The Bertz CT molecular complexity index is 815. The monoisotopic (exact) mass is 346 g/mol. The van der Waals surface area contributed by atoms with Crippen molar-refractivity contribution in [2.24, 2.45) is 0 Å². The molecule has 1 aliphatic rings. The number of hydrogen-bond acceptors (Lipinski definition) is 5. The number of carbonyl (C=O) groups is 1. The van der Waals surface area contributed by atoms with Crippen LogP contribution in [0.15, 0.2) is 53.7 Å². The van der Waals surface area contributed by atoms with Gasteiger partial charge < -0.3 is 4.74 Å². The largest absolute Gasteiger partial charge is 0.465 e. The lowest BCUT2D eigenvalue weighted by Crippen LogP contribution is -2.32. The molecule has 0 atom stereocenters. The Hall–Kier alpha value is -2.25. The molecule has 0 saturated heterocycles. The molecule has 1 fully saturated rings. The zero-order valence-corrected chi connectivity index (χ0v) is 14.1. The lowest BCUT2D eigenvalue weighted by atomic mass is 10.2. The lowest BCUT2D eigenvalue weighted by Gasteiger charge is -2.22. The van der Waals surface area contributed by atoms with Gasteiger partial charge in [0.1, 0.15) is 0 Å². The molecule has 0 amide bonds. The van der Waals surface area contributed by atoms with Gasteiger partial charge in [-0.1, -0.05) is 0 Å². The van der Waals surface area contributed by atoms with Crippen LogP contribution in [0.4, 0.5) is 0 Å². The maximum absolute atomic E-state index is 13.0. The minimum atomic E-state index is -3.62. The summed E-state index contributed by atoms with van der Waals surface area (Å²) in [6.07, 6.45) is 5.03. The van der Waals surface area contributed by atoms with Gasteiger partial charge in [-0.15, -0.1) is 0 Å². The average molecular weight is 346 g/mol. The van der Waals surface area contributed by atoms with Crippen LogP contribution in [-0.4, -0.2) is 36.8 Å². The van der Waals surface area contributed by atoms with E-state index in [2.05, 4.69) is 9.72 Å². The fourth-order valence-electron chi connectivity index (χ4n) is 2.46. The van der Waals surface area contributed by atoms with Crippen LogP contribution >= 0.6 is 0 Å². The fraction of sp³-hybridized carbons (Fsp3) is 0.294. The van der Waals surface area contributed by atoms with Crippen molar-refractivity contribution < 1.29 is 17.9 Å². The minimum Gasteiger partial charge on any atom is -0.465 e. The highest BCUT2D eigenvalue weighted by molar-refractivity contribution is 7.89. The van der Waals surface area contributed by atoms with E-state index >= 15 is 0 Å². The average Bonchev–Trinajstić information content (AvgIpc) is 3.44. The van der Waals surface area contributed by atoms with Gasteiger partial charge in [0.2, 0.25) is 10.0 Å². The van der Waals surface area contributed by atoms with Crippen molar-refractivity contribution in [2.45, 2.75) is 30.3 Å². The Morgan fingerprint density at radius 2 is 1.79 bits per heavy atom. The summed E-state index contributed by atoms with van der Waals surface area (Å²) in [4.78, 5) is 15.6. The summed E-state index contributed by atoms with van der Waals surface area (Å²) < 4.78 is 32.1. The molecule has 1 heterocycles. The van der Waals surface area contributed by atoms with E-state index in [1.54, 1.807) is 12.4 Å². The van der Waals surface area contributed by atoms with Crippen LogP contribution in [-0.2, 0) is 21.3 Å². The van der Waals surface area contributed by atoms with Crippen molar-refractivity contribution in [1.82, 2.24) is 9.29 Å². The van der Waals surface area contributed by atoms with Crippen molar-refractivity contribution >= 4 is 16.0 Å². The third kappa shape index (κ3) is 3.47. The van der Waals surface area contributed by atoms with Gasteiger partial charge in [0.25, 0.3) is 0 Å². The van der Waals surface area contributed by atoms with Crippen LogP contribution in [0.2, 0.25) is 0 Å². The van der Waals surface area contributed by atoms with Gasteiger partial charge in [-0.2, -0.15) is 4.31 Å². The highest BCUT2D eigenvalue weighted by Gasteiger charge is 2.38. The van der Waals surface area contributed by atoms with E-state index in [-0.39, 0.29) is 10.9 Å². The first-order valence-corrected chi connectivity index (χ1v) is 9.05. The van der Waals surface area contributed by atoms with Crippen molar-refractivity contribution in [1.29, 1.82) is 0 Å². The molecule has 1 saturated carbocycles. The SMILES string of the molecule is COC(=O)c1ccc(S(=O)(=O)N(Cc2ccncc2)C2CC2)cc1.